The Morgan fingerprint density at radius 3 is 1.24 bits per heavy atom. The van der Waals surface area contributed by atoms with Crippen LogP contribution in [0, 0.1) is 0 Å². The number of hydrogen-bond donors (Lipinski definition) is 4. The van der Waals surface area contributed by atoms with E-state index >= 15 is 0 Å². The third kappa shape index (κ3) is 20.0. The second-order valence-electron chi connectivity index (χ2n) is 4.75. The molecule has 0 aromatic rings. The number of rotatable bonds is 10. The fourth-order valence-corrected chi connectivity index (χ4v) is 2.42. The monoisotopic (exact) mass is 422 g/mol. The van der Waals surface area contributed by atoms with E-state index in [0.29, 0.717) is 12.8 Å². The molecule has 25 heavy (non-hydrogen) atoms. The molecule has 0 saturated carbocycles. The molecule has 2 atom stereocenters. The van der Waals surface area contributed by atoms with E-state index in [9.17, 15) is 19.2 Å². The molecule has 0 aliphatic carbocycles. The van der Waals surface area contributed by atoms with Crippen LogP contribution in [0.15, 0.2) is 0 Å². The summed E-state index contributed by atoms with van der Waals surface area (Å²) in [5.41, 5.74) is 0. The van der Waals surface area contributed by atoms with Crippen molar-refractivity contribution in [3.05, 3.63) is 0 Å². The maximum absolute atomic E-state index is 10.5. The molecule has 140 valence electrons. The predicted octanol–water partition coefficient (Wildman–Crippen LogP) is 0.277. The van der Waals surface area contributed by atoms with Crippen molar-refractivity contribution in [3.63, 3.8) is 0 Å². The molecule has 0 unspecified atom stereocenters. The smallest absolute Gasteiger partial charge is 0.480 e. The van der Waals surface area contributed by atoms with Gasteiger partial charge in [0.25, 0.3) is 0 Å². The number of thioether (sulfide) groups is 2. The van der Waals surface area contributed by atoms with Gasteiger partial charge in [-0.25, -0.2) is 9.59 Å². The molecule has 0 aromatic carbocycles. The average molecular weight is 423 g/mol. The molecule has 0 spiro atoms. The Labute approximate surface area is 186 Å². The van der Waals surface area contributed by atoms with Gasteiger partial charge in [-0.05, 0) is 36.9 Å². The van der Waals surface area contributed by atoms with Crippen molar-refractivity contribution in [1.82, 2.24) is 10.6 Å². The topological polar surface area (TPSA) is 133 Å². The molecule has 0 saturated heterocycles. The van der Waals surface area contributed by atoms with Crippen LogP contribution in [-0.2, 0) is 19.2 Å². The third-order valence-electron chi connectivity index (χ3n) is 2.57. The molecule has 11 heteroatoms. The Morgan fingerprint density at radius 1 is 0.800 bits per heavy atom. The zero-order valence-corrected chi connectivity index (χ0v) is 18.9. The zero-order chi connectivity index (χ0) is 19.1. The number of carboxylic acids is 2. The molecular formula is C14H26CaN2O6S2+2. The SMILES string of the molecule is CSCC[C@H](NC(C)=O)C(=O)O.CSCC[C@H](NC(C)=O)C(=O)O.[Ca+2]. The van der Waals surface area contributed by atoms with Gasteiger partial charge in [-0.15, -0.1) is 0 Å². The first-order valence-corrected chi connectivity index (χ1v) is 9.92. The van der Waals surface area contributed by atoms with Crippen LogP contribution in [0.25, 0.3) is 0 Å². The van der Waals surface area contributed by atoms with Gasteiger partial charge in [-0.2, -0.15) is 23.5 Å². The van der Waals surface area contributed by atoms with Crippen LogP contribution in [-0.4, -0.2) is 108 Å². The summed E-state index contributed by atoms with van der Waals surface area (Å²) in [7, 11) is 0. The van der Waals surface area contributed by atoms with Crippen LogP contribution in [0.5, 0.6) is 0 Å². The summed E-state index contributed by atoms with van der Waals surface area (Å²) in [5, 5.41) is 22.0. The number of nitrogens with one attached hydrogen (secondary N) is 2. The molecular weight excluding hydrogens is 396 g/mol. The minimum atomic E-state index is -0.973. The summed E-state index contributed by atoms with van der Waals surface area (Å²) in [4.78, 5) is 42.1. The van der Waals surface area contributed by atoms with Crippen LogP contribution in [0.2, 0.25) is 0 Å². The standard InChI is InChI=1S/2C7H13NO3S.Ca/c2*1-5(9)8-6(7(10)11)3-4-12-2;/h2*6H,3-4H2,1-2H3,(H,8,9)(H,10,11);/q;;+2/t2*6-;/m00./s1. The molecule has 4 N–H and O–H groups in total. The van der Waals surface area contributed by atoms with Crippen LogP contribution in [0.3, 0.4) is 0 Å². The molecule has 0 aliphatic heterocycles. The number of aliphatic carboxylic acids is 2. The maximum atomic E-state index is 10.5. The van der Waals surface area contributed by atoms with Gasteiger partial charge in [-0.3, -0.25) is 9.59 Å². The van der Waals surface area contributed by atoms with E-state index in [2.05, 4.69) is 10.6 Å². The fraction of sp³-hybridized carbons (Fsp3) is 0.714. The van der Waals surface area contributed by atoms with Crippen molar-refractivity contribution in [2.45, 2.75) is 38.8 Å². The minimum Gasteiger partial charge on any atom is -0.480 e. The molecule has 8 nitrogen and oxygen atoms in total. The van der Waals surface area contributed by atoms with Gasteiger partial charge in [0.2, 0.25) is 11.8 Å². The van der Waals surface area contributed by atoms with E-state index < -0.39 is 24.0 Å². The Kier molecular flexibility index (Phi) is 22.1. The molecule has 0 rings (SSSR count). The number of amides is 2. The average Bonchev–Trinajstić information content (AvgIpc) is 2.47. The minimum absolute atomic E-state index is 0. The van der Waals surface area contributed by atoms with E-state index in [1.807, 2.05) is 12.5 Å². The molecule has 0 radical (unpaired) electrons. The normalized spacial score (nSPS) is 11.7. The fourth-order valence-electron chi connectivity index (χ4n) is 1.48. The van der Waals surface area contributed by atoms with Crippen LogP contribution >= 0.6 is 23.5 Å². The Morgan fingerprint density at radius 2 is 1.08 bits per heavy atom. The van der Waals surface area contributed by atoms with E-state index in [4.69, 9.17) is 10.2 Å². The number of carbonyl (C=O) groups excluding carboxylic acids is 2. The van der Waals surface area contributed by atoms with Crippen molar-refractivity contribution < 1.29 is 29.4 Å². The molecule has 0 fully saturated rings. The Balaban J connectivity index is -0.000000372. The maximum Gasteiger partial charge on any atom is 2.00 e. The summed E-state index contributed by atoms with van der Waals surface area (Å²) in [6, 6.07) is -1.48. The Hall–Kier alpha value is -0.160. The summed E-state index contributed by atoms with van der Waals surface area (Å²) < 4.78 is 0. The van der Waals surface area contributed by atoms with Gasteiger partial charge in [0.05, 0.1) is 0 Å². The summed E-state index contributed by atoms with van der Waals surface area (Å²) in [5.74, 6) is -1.08. The first kappa shape index (κ1) is 29.6. The second kappa shape index (κ2) is 18.6. The number of carbonyl (C=O) groups is 4. The second-order valence-corrected chi connectivity index (χ2v) is 6.72. The van der Waals surface area contributed by atoms with E-state index in [-0.39, 0.29) is 49.6 Å². The third-order valence-corrected chi connectivity index (χ3v) is 3.86. The number of hydrogen-bond acceptors (Lipinski definition) is 6. The Bertz CT molecular complexity index is 388. The largest absolute Gasteiger partial charge is 2.00 e. The summed E-state index contributed by atoms with van der Waals surface area (Å²) in [6.07, 6.45) is 4.73. The van der Waals surface area contributed by atoms with Gasteiger partial charge in [0, 0.05) is 13.8 Å². The van der Waals surface area contributed by atoms with Gasteiger partial charge >= 0.3 is 49.7 Å². The van der Waals surface area contributed by atoms with Gasteiger partial charge in [-0.1, -0.05) is 0 Å². The molecule has 0 aromatic heterocycles. The van der Waals surface area contributed by atoms with E-state index in [1.54, 1.807) is 23.5 Å². The number of carboxylic acid groups (broad SMARTS) is 2. The van der Waals surface area contributed by atoms with E-state index in [1.165, 1.54) is 13.8 Å². The summed E-state index contributed by atoms with van der Waals surface area (Å²) >= 11 is 3.12. The van der Waals surface area contributed by atoms with Crippen LogP contribution < -0.4 is 10.6 Å². The summed E-state index contributed by atoms with van der Waals surface area (Å²) in [6.45, 7) is 2.63. The van der Waals surface area contributed by atoms with E-state index in [0.717, 1.165) is 11.5 Å². The van der Waals surface area contributed by atoms with Crippen LogP contribution in [0.1, 0.15) is 26.7 Å². The molecule has 0 heterocycles. The van der Waals surface area contributed by atoms with Crippen molar-refractivity contribution in [3.8, 4) is 0 Å². The first-order valence-electron chi connectivity index (χ1n) is 7.13. The molecule has 2 amide bonds. The predicted molar refractivity (Wildman–Crippen MR) is 102 cm³/mol. The van der Waals surface area contributed by atoms with Crippen molar-refractivity contribution in [2.24, 2.45) is 0 Å². The zero-order valence-electron chi connectivity index (χ0n) is 15.0. The van der Waals surface area contributed by atoms with Gasteiger partial charge < -0.3 is 20.8 Å². The van der Waals surface area contributed by atoms with Crippen molar-refractivity contribution in [1.29, 1.82) is 0 Å². The van der Waals surface area contributed by atoms with Gasteiger partial charge in [0.15, 0.2) is 0 Å². The van der Waals surface area contributed by atoms with Crippen LogP contribution in [0.4, 0.5) is 0 Å². The van der Waals surface area contributed by atoms with Crippen molar-refractivity contribution >= 4 is 85.0 Å². The molecule has 0 aliphatic rings. The van der Waals surface area contributed by atoms with Gasteiger partial charge in [0.1, 0.15) is 12.1 Å². The van der Waals surface area contributed by atoms with Crippen molar-refractivity contribution in [2.75, 3.05) is 24.0 Å². The molecule has 0 bridgehead atoms. The quantitative estimate of drug-likeness (QED) is 0.369. The first-order chi connectivity index (χ1) is 11.1.